The van der Waals surface area contributed by atoms with Gasteiger partial charge in [-0.25, -0.2) is 4.79 Å². The molecule has 1 aromatic heterocycles. The summed E-state index contributed by atoms with van der Waals surface area (Å²) in [6.45, 7) is 3.45. The Balaban J connectivity index is 1.77. The number of aromatic nitrogens is 1. The maximum Gasteiger partial charge on any atom is 0.412 e. The van der Waals surface area contributed by atoms with Crippen LogP contribution in [0.4, 0.5) is 10.5 Å². The van der Waals surface area contributed by atoms with E-state index in [0.717, 1.165) is 0 Å². The largest absolute Gasteiger partial charge is 0.441 e. The van der Waals surface area contributed by atoms with Crippen LogP contribution < -0.4 is 5.32 Å². The minimum absolute atomic E-state index is 0.388. The molecule has 3 rings (SSSR count). The molecule has 27 heavy (non-hydrogen) atoms. The van der Waals surface area contributed by atoms with Gasteiger partial charge >= 0.3 is 6.09 Å². The maximum absolute atomic E-state index is 12.4. The van der Waals surface area contributed by atoms with E-state index in [1.54, 1.807) is 50.2 Å². The van der Waals surface area contributed by atoms with Gasteiger partial charge in [0.1, 0.15) is 17.5 Å². The zero-order valence-corrected chi connectivity index (χ0v) is 15.4. The van der Waals surface area contributed by atoms with Crippen LogP contribution in [0.5, 0.6) is 0 Å². The second-order valence-electron chi connectivity index (χ2n) is 5.86. The molecule has 0 aliphatic heterocycles. The Morgan fingerprint density at radius 1 is 1.26 bits per heavy atom. The van der Waals surface area contributed by atoms with Crippen LogP contribution in [0.2, 0.25) is 5.02 Å². The average molecular weight is 382 g/mol. The summed E-state index contributed by atoms with van der Waals surface area (Å²) in [5.41, 5.74) is 2.85. The van der Waals surface area contributed by atoms with Gasteiger partial charge in [-0.15, -0.1) is 0 Å². The molecule has 0 aliphatic carbocycles. The number of benzene rings is 2. The molecular weight excluding hydrogens is 366 g/mol. The van der Waals surface area contributed by atoms with Crippen LogP contribution in [0.3, 0.4) is 0 Å². The highest BCUT2D eigenvalue weighted by molar-refractivity contribution is 6.31. The molecule has 1 N–H and O–H groups in total. The summed E-state index contributed by atoms with van der Waals surface area (Å²) < 4.78 is 10.8. The Bertz CT molecular complexity index is 1010. The van der Waals surface area contributed by atoms with Crippen molar-refractivity contribution in [1.29, 1.82) is 5.26 Å². The van der Waals surface area contributed by atoms with Crippen molar-refractivity contribution in [2.24, 2.45) is 0 Å². The number of carbonyl (C=O) groups is 1. The van der Waals surface area contributed by atoms with Gasteiger partial charge in [0.15, 0.2) is 5.76 Å². The number of nitriles is 1. The second kappa shape index (κ2) is 7.94. The number of rotatable bonds is 4. The van der Waals surface area contributed by atoms with Crippen molar-refractivity contribution in [3.05, 3.63) is 70.4 Å². The maximum atomic E-state index is 12.4. The standard InChI is InChI=1S/C20H16ClN3O3/c1-12-18(19(27-24-12)15-9-7-14(11-22)8-10-15)23-20(25)26-13(2)16-5-3-4-6-17(16)21/h3-10,13H,1-2H3,(H,23,25). The van der Waals surface area contributed by atoms with Crippen LogP contribution >= 0.6 is 11.6 Å². The average Bonchev–Trinajstić information content (AvgIpc) is 3.02. The Morgan fingerprint density at radius 3 is 2.63 bits per heavy atom. The number of amides is 1. The lowest BCUT2D eigenvalue weighted by Gasteiger charge is -2.15. The Morgan fingerprint density at radius 2 is 1.96 bits per heavy atom. The molecule has 2 aromatic carbocycles. The molecule has 1 amide bonds. The third-order valence-corrected chi connectivity index (χ3v) is 4.34. The molecule has 1 unspecified atom stereocenters. The molecule has 3 aromatic rings. The predicted molar refractivity (Wildman–Crippen MR) is 101 cm³/mol. The number of hydrogen-bond acceptors (Lipinski definition) is 5. The summed E-state index contributed by atoms with van der Waals surface area (Å²) >= 11 is 6.14. The molecule has 0 spiro atoms. The third kappa shape index (κ3) is 4.10. The first-order chi connectivity index (χ1) is 13.0. The van der Waals surface area contributed by atoms with Gasteiger partial charge < -0.3 is 9.26 Å². The molecular formula is C20H16ClN3O3. The van der Waals surface area contributed by atoms with Crippen molar-refractivity contribution in [3.8, 4) is 17.4 Å². The zero-order valence-electron chi connectivity index (χ0n) is 14.7. The molecule has 0 bridgehead atoms. The van der Waals surface area contributed by atoms with Crippen LogP contribution in [-0.2, 0) is 4.74 Å². The van der Waals surface area contributed by atoms with Crippen molar-refractivity contribution in [3.63, 3.8) is 0 Å². The molecule has 136 valence electrons. The van der Waals surface area contributed by atoms with E-state index in [4.69, 9.17) is 26.1 Å². The lowest BCUT2D eigenvalue weighted by Crippen LogP contribution is -2.17. The van der Waals surface area contributed by atoms with Crippen LogP contribution in [0.15, 0.2) is 53.1 Å². The number of carbonyl (C=O) groups excluding carboxylic acids is 1. The molecule has 6 nitrogen and oxygen atoms in total. The fourth-order valence-corrected chi connectivity index (χ4v) is 2.86. The number of nitrogens with one attached hydrogen (secondary N) is 1. The van der Waals surface area contributed by atoms with Gasteiger partial charge in [0.2, 0.25) is 0 Å². The van der Waals surface area contributed by atoms with E-state index in [9.17, 15) is 4.79 Å². The third-order valence-electron chi connectivity index (χ3n) is 3.99. The first kappa shape index (κ1) is 18.5. The lowest BCUT2D eigenvalue weighted by atomic mass is 10.1. The number of aryl methyl sites for hydroxylation is 1. The summed E-state index contributed by atoms with van der Waals surface area (Å²) in [6.07, 6.45) is -1.18. The van der Waals surface area contributed by atoms with Gasteiger partial charge in [-0.05, 0) is 44.2 Å². The van der Waals surface area contributed by atoms with Crippen LogP contribution in [-0.4, -0.2) is 11.2 Å². The Kier molecular flexibility index (Phi) is 5.43. The Hall–Kier alpha value is -3.30. The fourth-order valence-electron chi connectivity index (χ4n) is 2.57. The van der Waals surface area contributed by atoms with Crippen molar-refractivity contribution in [2.45, 2.75) is 20.0 Å². The monoisotopic (exact) mass is 381 g/mol. The highest BCUT2D eigenvalue weighted by atomic mass is 35.5. The highest BCUT2D eigenvalue weighted by Gasteiger charge is 2.20. The second-order valence-corrected chi connectivity index (χ2v) is 6.26. The van der Waals surface area contributed by atoms with Crippen molar-refractivity contribution >= 4 is 23.4 Å². The van der Waals surface area contributed by atoms with E-state index < -0.39 is 12.2 Å². The molecule has 0 fully saturated rings. The quantitative estimate of drug-likeness (QED) is 0.645. The smallest absolute Gasteiger partial charge is 0.412 e. The molecule has 1 heterocycles. The fraction of sp³-hybridized carbons (Fsp3) is 0.150. The highest BCUT2D eigenvalue weighted by Crippen LogP contribution is 2.32. The van der Waals surface area contributed by atoms with E-state index in [1.165, 1.54) is 0 Å². The SMILES string of the molecule is Cc1noc(-c2ccc(C#N)cc2)c1NC(=O)OC(C)c1ccccc1Cl. The molecule has 0 saturated carbocycles. The Labute approximate surface area is 161 Å². The minimum atomic E-state index is -0.649. The van der Waals surface area contributed by atoms with Crippen molar-refractivity contribution < 1.29 is 14.1 Å². The van der Waals surface area contributed by atoms with Crippen molar-refractivity contribution in [2.75, 3.05) is 5.32 Å². The summed E-state index contributed by atoms with van der Waals surface area (Å²) in [5, 5.41) is 16.0. The lowest BCUT2D eigenvalue weighted by molar-refractivity contribution is 0.121. The molecule has 0 aliphatic rings. The van der Waals surface area contributed by atoms with Gasteiger partial charge in [-0.3, -0.25) is 5.32 Å². The van der Waals surface area contributed by atoms with Crippen LogP contribution in [0.25, 0.3) is 11.3 Å². The van der Waals surface area contributed by atoms with Crippen LogP contribution in [0, 0.1) is 18.3 Å². The van der Waals surface area contributed by atoms with Gasteiger partial charge in [-0.2, -0.15) is 5.26 Å². The van der Waals surface area contributed by atoms with E-state index in [-0.39, 0.29) is 0 Å². The van der Waals surface area contributed by atoms with Crippen LogP contribution in [0.1, 0.15) is 29.8 Å². The van der Waals surface area contributed by atoms with Gasteiger partial charge in [0.25, 0.3) is 0 Å². The number of halogens is 1. The topological polar surface area (TPSA) is 88.2 Å². The van der Waals surface area contributed by atoms with Gasteiger partial charge in [0.05, 0.1) is 11.6 Å². The van der Waals surface area contributed by atoms with Crippen molar-refractivity contribution in [1.82, 2.24) is 5.16 Å². The van der Waals surface area contributed by atoms with Gasteiger partial charge in [-0.1, -0.05) is 35.0 Å². The van der Waals surface area contributed by atoms with E-state index in [0.29, 0.717) is 38.9 Å². The van der Waals surface area contributed by atoms with E-state index >= 15 is 0 Å². The van der Waals surface area contributed by atoms with Gasteiger partial charge in [0, 0.05) is 16.1 Å². The number of ether oxygens (including phenoxy) is 1. The number of nitrogens with zero attached hydrogens (tertiary/aromatic N) is 2. The number of hydrogen-bond donors (Lipinski definition) is 1. The molecule has 0 radical (unpaired) electrons. The summed E-state index contributed by atoms with van der Waals surface area (Å²) in [7, 11) is 0. The normalized spacial score (nSPS) is 11.5. The summed E-state index contributed by atoms with van der Waals surface area (Å²) in [6, 6.07) is 16.0. The first-order valence-electron chi connectivity index (χ1n) is 8.18. The van der Waals surface area contributed by atoms with E-state index in [1.807, 2.05) is 12.1 Å². The molecule has 7 heteroatoms. The predicted octanol–water partition coefficient (Wildman–Crippen LogP) is 5.48. The molecule has 0 saturated heterocycles. The van der Waals surface area contributed by atoms with E-state index in [2.05, 4.69) is 16.5 Å². The minimum Gasteiger partial charge on any atom is -0.441 e. The summed E-state index contributed by atoms with van der Waals surface area (Å²) in [5.74, 6) is 0.388. The number of anilines is 1. The zero-order chi connectivity index (χ0) is 19.4. The molecule has 1 atom stereocenters. The summed E-state index contributed by atoms with van der Waals surface area (Å²) in [4.78, 5) is 12.4. The first-order valence-corrected chi connectivity index (χ1v) is 8.56.